The molecule has 0 bridgehead atoms. The highest BCUT2D eigenvalue weighted by molar-refractivity contribution is 5.99. The molecular weight excluding hydrogens is 476 g/mol. The molecule has 4 rings (SSSR count). The highest BCUT2D eigenvalue weighted by Gasteiger charge is 2.30. The number of piperidine rings is 1. The summed E-state index contributed by atoms with van der Waals surface area (Å²) in [4.78, 5) is 36.8. The first-order valence-electron chi connectivity index (χ1n) is 12.5. The minimum Gasteiger partial charge on any atom is -0.494 e. The number of aromatic nitrogens is 3. The van der Waals surface area contributed by atoms with Gasteiger partial charge in [-0.15, -0.1) is 5.10 Å². The first-order valence-corrected chi connectivity index (χ1v) is 12.5. The average Bonchev–Trinajstić information content (AvgIpc) is 2.89. The number of benzene rings is 2. The van der Waals surface area contributed by atoms with Crippen LogP contribution in [0.15, 0.2) is 47.3 Å². The van der Waals surface area contributed by atoms with Crippen LogP contribution in [-0.4, -0.2) is 53.2 Å². The highest BCUT2D eigenvalue weighted by Crippen LogP contribution is 2.21. The van der Waals surface area contributed by atoms with Gasteiger partial charge in [0.25, 0.3) is 11.5 Å². The molecule has 11 heteroatoms. The fourth-order valence-corrected chi connectivity index (χ4v) is 4.08. The minimum atomic E-state index is -0.850. The number of anilines is 2. The van der Waals surface area contributed by atoms with Gasteiger partial charge < -0.3 is 20.5 Å². The van der Waals surface area contributed by atoms with Crippen LogP contribution in [0.5, 0.6) is 5.75 Å². The van der Waals surface area contributed by atoms with E-state index in [0.717, 1.165) is 41.8 Å². The Kier molecular flexibility index (Phi) is 9.03. The van der Waals surface area contributed by atoms with Crippen molar-refractivity contribution in [2.75, 3.05) is 37.4 Å². The number of imide groups is 1. The first-order chi connectivity index (χ1) is 18.0. The quantitative estimate of drug-likeness (QED) is 0.180. The van der Waals surface area contributed by atoms with E-state index in [2.05, 4.69) is 20.9 Å². The number of nitrogens with zero attached hydrogens (tertiary/aromatic N) is 3. The summed E-state index contributed by atoms with van der Waals surface area (Å²) in [5.41, 5.74) is 7.05. The first kappa shape index (κ1) is 26.1. The Hall–Kier alpha value is -3.99. The lowest BCUT2D eigenvalue weighted by Gasteiger charge is -2.21. The molecule has 1 atom stereocenters. The van der Waals surface area contributed by atoms with Crippen LogP contribution in [0.25, 0.3) is 10.9 Å². The van der Waals surface area contributed by atoms with Crippen molar-refractivity contribution in [2.24, 2.45) is 0 Å². The van der Waals surface area contributed by atoms with Crippen molar-refractivity contribution in [3.8, 4) is 5.75 Å². The van der Waals surface area contributed by atoms with Crippen LogP contribution in [-0.2, 0) is 14.3 Å². The van der Waals surface area contributed by atoms with E-state index in [1.54, 1.807) is 12.1 Å². The van der Waals surface area contributed by atoms with Gasteiger partial charge in [-0.3, -0.25) is 19.7 Å². The van der Waals surface area contributed by atoms with Crippen LogP contribution in [0.4, 0.5) is 11.4 Å². The zero-order valence-corrected chi connectivity index (χ0v) is 20.7. The summed E-state index contributed by atoms with van der Waals surface area (Å²) in [6.07, 6.45) is 3.93. The van der Waals surface area contributed by atoms with Crippen molar-refractivity contribution in [2.45, 2.75) is 44.6 Å². The number of carbonyl (C=O) groups is 2. The van der Waals surface area contributed by atoms with Crippen molar-refractivity contribution in [1.82, 2.24) is 20.3 Å². The number of hydrogen-bond donors (Lipinski definition) is 3. The molecule has 1 aliphatic heterocycles. The molecule has 196 valence electrons. The average molecular weight is 509 g/mol. The van der Waals surface area contributed by atoms with Gasteiger partial charge in [0.2, 0.25) is 5.91 Å². The maximum Gasteiger partial charge on any atom is 0.280 e. The SMILES string of the molecule is Nc1ccc(OCCCCOCCCCNc2cccc3nnn(C4CCC(=O)NC4=O)c(=O)c23)cc1. The summed E-state index contributed by atoms with van der Waals surface area (Å²) in [6.45, 7) is 2.63. The van der Waals surface area contributed by atoms with Gasteiger partial charge in [-0.2, -0.15) is 4.68 Å². The third kappa shape index (κ3) is 7.04. The van der Waals surface area contributed by atoms with Crippen LogP contribution >= 0.6 is 0 Å². The number of fused-ring (bicyclic) bond motifs is 1. The molecule has 2 heterocycles. The lowest BCUT2D eigenvalue weighted by Crippen LogP contribution is -2.45. The standard InChI is InChI=1S/C26H32N6O5/c27-18-8-10-19(11-9-18)37-17-4-3-16-36-15-2-1-14-28-20-6-5-7-21-24(20)26(35)32(31-30-21)22-12-13-23(33)29-25(22)34/h5-11,22,28H,1-4,12-17,27H2,(H,29,33,34). The number of ether oxygens (including phenoxy) is 2. The number of carbonyl (C=O) groups excluding carboxylic acids is 2. The second kappa shape index (κ2) is 12.8. The molecule has 0 aliphatic carbocycles. The van der Waals surface area contributed by atoms with Crippen molar-refractivity contribution in [3.05, 3.63) is 52.8 Å². The van der Waals surface area contributed by atoms with Crippen LogP contribution in [0.3, 0.4) is 0 Å². The fourth-order valence-electron chi connectivity index (χ4n) is 4.08. The lowest BCUT2D eigenvalue weighted by atomic mass is 10.1. The third-order valence-corrected chi connectivity index (χ3v) is 6.08. The number of nitrogens with two attached hydrogens (primary N) is 1. The van der Waals surface area contributed by atoms with Gasteiger partial charge in [0, 0.05) is 37.6 Å². The normalized spacial score (nSPS) is 15.5. The maximum atomic E-state index is 13.2. The molecule has 2 amide bonds. The van der Waals surface area contributed by atoms with E-state index in [4.69, 9.17) is 15.2 Å². The molecule has 4 N–H and O–H groups in total. The van der Waals surface area contributed by atoms with Gasteiger partial charge in [-0.1, -0.05) is 11.3 Å². The lowest BCUT2D eigenvalue weighted by molar-refractivity contribution is -0.136. The molecule has 1 fully saturated rings. The van der Waals surface area contributed by atoms with E-state index in [0.29, 0.717) is 43.0 Å². The fraction of sp³-hybridized carbons (Fsp3) is 0.423. The van der Waals surface area contributed by atoms with E-state index in [9.17, 15) is 14.4 Å². The topological polar surface area (TPSA) is 150 Å². The summed E-state index contributed by atoms with van der Waals surface area (Å²) >= 11 is 0. The number of rotatable bonds is 13. The Morgan fingerprint density at radius 3 is 2.54 bits per heavy atom. The molecule has 37 heavy (non-hydrogen) atoms. The number of hydrogen-bond acceptors (Lipinski definition) is 9. The molecule has 1 saturated heterocycles. The van der Waals surface area contributed by atoms with E-state index in [-0.39, 0.29) is 18.7 Å². The van der Waals surface area contributed by atoms with E-state index >= 15 is 0 Å². The Bertz CT molecular complexity index is 1280. The predicted octanol–water partition coefficient (Wildman–Crippen LogP) is 2.42. The number of nitrogens with one attached hydrogen (secondary N) is 2. The monoisotopic (exact) mass is 508 g/mol. The Morgan fingerprint density at radius 1 is 1.00 bits per heavy atom. The van der Waals surface area contributed by atoms with E-state index in [1.807, 2.05) is 30.3 Å². The van der Waals surface area contributed by atoms with Gasteiger partial charge in [0.05, 0.1) is 12.0 Å². The summed E-state index contributed by atoms with van der Waals surface area (Å²) in [6, 6.07) is 11.8. The second-order valence-corrected chi connectivity index (χ2v) is 8.88. The summed E-state index contributed by atoms with van der Waals surface area (Å²) in [7, 11) is 0. The predicted molar refractivity (Wildman–Crippen MR) is 139 cm³/mol. The maximum absolute atomic E-state index is 13.2. The molecular formula is C26H32N6O5. The molecule has 3 aromatic rings. The largest absolute Gasteiger partial charge is 0.494 e. The Balaban J connectivity index is 1.18. The van der Waals surface area contributed by atoms with E-state index < -0.39 is 17.5 Å². The molecule has 2 aromatic carbocycles. The van der Waals surface area contributed by atoms with Crippen LogP contribution in [0.1, 0.15) is 44.6 Å². The van der Waals surface area contributed by atoms with Crippen molar-refractivity contribution in [1.29, 1.82) is 0 Å². The van der Waals surface area contributed by atoms with Gasteiger partial charge in [-0.05, 0) is 68.5 Å². The van der Waals surface area contributed by atoms with Crippen molar-refractivity contribution < 1.29 is 19.1 Å². The van der Waals surface area contributed by atoms with Crippen LogP contribution in [0.2, 0.25) is 0 Å². The summed E-state index contributed by atoms with van der Waals surface area (Å²) in [5.74, 6) is -0.0692. The third-order valence-electron chi connectivity index (χ3n) is 6.08. The molecule has 0 spiro atoms. The minimum absolute atomic E-state index is 0.155. The Labute approximate surface area is 214 Å². The van der Waals surface area contributed by atoms with Gasteiger partial charge in [-0.25, -0.2) is 0 Å². The number of unbranched alkanes of at least 4 members (excludes halogenated alkanes) is 2. The molecule has 1 aliphatic rings. The summed E-state index contributed by atoms with van der Waals surface area (Å²) < 4.78 is 12.5. The van der Waals surface area contributed by atoms with Crippen molar-refractivity contribution >= 4 is 34.1 Å². The van der Waals surface area contributed by atoms with Gasteiger partial charge in [0.1, 0.15) is 17.3 Å². The zero-order valence-electron chi connectivity index (χ0n) is 20.7. The van der Waals surface area contributed by atoms with Gasteiger partial charge >= 0.3 is 0 Å². The number of nitrogen functional groups attached to an aromatic ring is 1. The van der Waals surface area contributed by atoms with E-state index in [1.165, 1.54) is 0 Å². The molecule has 11 nitrogen and oxygen atoms in total. The molecule has 0 radical (unpaired) electrons. The molecule has 1 unspecified atom stereocenters. The highest BCUT2D eigenvalue weighted by atomic mass is 16.5. The van der Waals surface area contributed by atoms with Crippen molar-refractivity contribution in [3.63, 3.8) is 0 Å². The Morgan fingerprint density at radius 2 is 1.76 bits per heavy atom. The van der Waals surface area contributed by atoms with Crippen LogP contribution < -0.4 is 26.7 Å². The smallest absolute Gasteiger partial charge is 0.280 e. The number of amides is 2. The summed E-state index contributed by atoms with van der Waals surface area (Å²) in [5, 5.41) is 14.0. The molecule has 0 saturated carbocycles. The molecule has 1 aromatic heterocycles. The van der Waals surface area contributed by atoms with Gasteiger partial charge in [0.15, 0.2) is 0 Å². The van der Waals surface area contributed by atoms with Crippen LogP contribution in [0, 0.1) is 0 Å². The zero-order chi connectivity index (χ0) is 26.0. The second-order valence-electron chi connectivity index (χ2n) is 8.88.